The van der Waals surface area contributed by atoms with E-state index in [1.807, 2.05) is 30.8 Å². The molecule has 94 valence electrons. The Labute approximate surface area is 118 Å². The molecule has 0 unspecified atom stereocenters. The largest absolute Gasteiger partial charge is 0.459 e. The van der Waals surface area contributed by atoms with E-state index in [-0.39, 0.29) is 0 Å². The summed E-state index contributed by atoms with van der Waals surface area (Å²) in [7, 11) is 0. The van der Waals surface area contributed by atoms with Gasteiger partial charge in [-0.15, -0.1) is 11.3 Å². The first-order chi connectivity index (χ1) is 8.81. The average Bonchev–Trinajstić information content (AvgIpc) is 3.07. The van der Waals surface area contributed by atoms with Crippen LogP contribution in [0.15, 0.2) is 26.9 Å². The summed E-state index contributed by atoms with van der Waals surface area (Å²) in [5, 5.41) is 3.06. The van der Waals surface area contributed by atoms with Crippen LogP contribution < -0.4 is 0 Å². The van der Waals surface area contributed by atoms with E-state index in [0.717, 1.165) is 40.3 Å². The molecule has 3 heterocycles. The predicted molar refractivity (Wildman–Crippen MR) is 80.6 cm³/mol. The average molecular weight is 296 g/mol. The lowest BCUT2D eigenvalue weighted by Crippen LogP contribution is -1.85. The summed E-state index contributed by atoms with van der Waals surface area (Å²) in [6, 6.07) is 3.94. The van der Waals surface area contributed by atoms with Crippen LogP contribution in [0.25, 0.3) is 10.8 Å². The van der Waals surface area contributed by atoms with E-state index in [1.165, 1.54) is 4.38 Å². The monoisotopic (exact) mass is 296 g/mol. The molecule has 0 saturated heterocycles. The molecule has 0 bridgehead atoms. The van der Waals surface area contributed by atoms with Gasteiger partial charge >= 0.3 is 0 Å². The van der Waals surface area contributed by atoms with Gasteiger partial charge in [0.1, 0.15) is 10.1 Å². The summed E-state index contributed by atoms with van der Waals surface area (Å²) < 4.78 is 6.77. The fourth-order valence-electron chi connectivity index (χ4n) is 1.57. The van der Waals surface area contributed by atoms with Crippen molar-refractivity contribution in [3.8, 4) is 10.8 Å². The van der Waals surface area contributed by atoms with Crippen molar-refractivity contribution in [3.05, 3.63) is 29.0 Å². The molecule has 6 heteroatoms. The molecule has 18 heavy (non-hydrogen) atoms. The van der Waals surface area contributed by atoms with E-state index in [1.54, 1.807) is 23.1 Å². The van der Waals surface area contributed by atoms with E-state index in [0.29, 0.717) is 0 Å². The molecule has 0 spiro atoms. The molecule has 1 aliphatic rings. The maximum Gasteiger partial charge on any atom is 0.162 e. The number of hydrogen-bond donors (Lipinski definition) is 0. The van der Waals surface area contributed by atoms with Gasteiger partial charge in [-0.05, 0) is 19.1 Å². The molecule has 2 aromatic rings. The highest BCUT2D eigenvalue weighted by molar-refractivity contribution is 8.38. The van der Waals surface area contributed by atoms with Crippen LogP contribution in [0.5, 0.6) is 0 Å². The van der Waals surface area contributed by atoms with Crippen LogP contribution in [-0.4, -0.2) is 21.7 Å². The van der Waals surface area contributed by atoms with Gasteiger partial charge in [-0.2, -0.15) is 0 Å². The van der Waals surface area contributed by atoms with Crippen LogP contribution >= 0.6 is 34.9 Å². The van der Waals surface area contributed by atoms with E-state index >= 15 is 0 Å². The minimum absolute atomic E-state index is 0.862. The molecular weight excluding hydrogens is 284 g/mol. The van der Waals surface area contributed by atoms with Crippen LogP contribution in [-0.2, 0) is 5.75 Å². The van der Waals surface area contributed by atoms with E-state index in [2.05, 4.69) is 15.4 Å². The van der Waals surface area contributed by atoms with Crippen molar-refractivity contribution < 1.29 is 4.42 Å². The number of nitrogens with zero attached hydrogens (tertiary/aromatic N) is 2. The Hall–Kier alpha value is -0.720. The predicted octanol–water partition coefficient (Wildman–Crippen LogP) is 4.05. The number of aromatic nitrogens is 1. The fourth-order valence-corrected chi connectivity index (χ4v) is 4.36. The molecule has 0 radical (unpaired) electrons. The highest BCUT2D eigenvalue weighted by atomic mass is 32.2. The minimum Gasteiger partial charge on any atom is -0.459 e. The number of thioether (sulfide) groups is 2. The Morgan fingerprint density at radius 1 is 1.44 bits per heavy atom. The third-order valence-corrected chi connectivity index (χ3v) is 5.60. The van der Waals surface area contributed by atoms with Crippen LogP contribution in [0.1, 0.15) is 11.5 Å². The Bertz CT molecular complexity index is 573. The molecule has 0 amide bonds. The van der Waals surface area contributed by atoms with Gasteiger partial charge in [-0.25, -0.2) is 4.98 Å². The molecule has 2 aromatic heterocycles. The topological polar surface area (TPSA) is 38.4 Å². The third kappa shape index (κ3) is 2.81. The molecule has 0 N–H and O–H groups in total. The molecule has 0 aliphatic carbocycles. The van der Waals surface area contributed by atoms with Gasteiger partial charge in [-0.3, -0.25) is 4.99 Å². The summed E-state index contributed by atoms with van der Waals surface area (Å²) >= 11 is 5.25. The number of hydrogen-bond acceptors (Lipinski definition) is 6. The lowest BCUT2D eigenvalue weighted by Gasteiger charge is -1.96. The zero-order valence-corrected chi connectivity index (χ0v) is 12.3. The van der Waals surface area contributed by atoms with Crippen LogP contribution in [0.2, 0.25) is 0 Å². The quantitative estimate of drug-likeness (QED) is 0.856. The van der Waals surface area contributed by atoms with Crippen molar-refractivity contribution in [2.24, 2.45) is 4.99 Å². The summed E-state index contributed by atoms with van der Waals surface area (Å²) in [4.78, 5) is 9.01. The highest BCUT2D eigenvalue weighted by Gasteiger charge is 2.11. The molecule has 3 nitrogen and oxygen atoms in total. The first kappa shape index (κ1) is 12.3. The summed E-state index contributed by atoms with van der Waals surface area (Å²) in [5.41, 5.74) is 1.10. The van der Waals surface area contributed by atoms with E-state index in [4.69, 9.17) is 4.42 Å². The number of aryl methyl sites for hydroxylation is 1. The van der Waals surface area contributed by atoms with Crippen molar-refractivity contribution in [2.75, 3.05) is 12.3 Å². The van der Waals surface area contributed by atoms with Gasteiger partial charge in [0.05, 0.1) is 12.2 Å². The maximum absolute atomic E-state index is 5.57. The Kier molecular flexibility index (Phi) is 3.77. The van der Waals surface area contributed by atoms with Crippen molar-refractivity contribution >= 4 is 39.2 Å². The molecular formula is C12H12N2OS3. The minimum atomic E-state index is 0.862. The number of rotatable bonds is 3. The Morgan fingerprint density at radius 2 is 2.39 bits per heavy atom. The van der Waals surface area contributed by atoms with Gasteiger partial charge in [0.2, 0.25) is 0 Å². The van der Waals surface area contributed by atoms with Crippen LogP contribution in [0.4, 0.5) is 0 Å². The summed E-state index contributed by atoms with van der Waals surface area (Å²) in [6.07, 6.45) is 0. The van der Waals surface area contributed by atoms with Gasteiger partial charge < -0.3 is 4.42 Å². The standard InChI is InChI=1S/C12H12N2OS3/c1-8-2-3-10(15-8)11-14-9(6-17-11)7-18-12-13-4-5-16-12/h2-3,6H,4-5,7H2,1H3. The SMILES string of the molecule is Cc1ccc(-c2nc(CSC3=NCCS3)cs2)o1. The fraction of sp³-hybridized carbons (Fsp3) is 0.333. The van der Waals surface area contributed by atoms with E-state index in [9.17, 15) is 0 Å². The van der Waals surface area contributed by atoms with Gasteiger partial charge in [0, 0.05) is 16.9 Å². The second kappa shape index (κ2) is 5.50. The van der Waals surface area contributed by atoms with Crippen molar-refractivity contribution in [1.82, 2.24) is 4.98 Å². The number of aliphatic imine (C=N–C) groups is 1. The first-order valence-electron chi connectivity index (χ1n) is 5.62. The molecule has 1 aliphatic heterocycles. The zero-order chi connectivity index (χ0) is 12.4. The molecule has 0 atom stereocenters. The summed E-state index contributed by atoms with van der Waals surface area (Å²) in [5.74, 6) is 3.80. The molecule has 3 rings (SSSR count). The first-order valence-corrected chi connectivity index (χ1v) is 8.47. The van der Waals surface area contributed by atoms with E-state index < -0.39 is 0 Å². The lowest BCUT2D eigenvalue weighted by molar-refractivity contribution is 0.548. The lowest BCUT2D eigenvalue weighted by atomic mass is 10.4. The van der Waals surface area contributed by atoms with Crippen molar-refractivity contribution in [3.63, 3.8) is 0 Å². The number of furan rings is 1. The Morgan fingerprint density at radius 3 is 3.11 bits per heavy atom. The van der Waals surface area contributed by atoms with Gasteiger partial charge in [0.25, 0.3) is 0 Å². The van der Waals surface area contributed by atoms with Crippen molar-refractivity contribution in [2.45, 2.75) is 12.7 Å². The van der Waals surface area contributed by atoms with Gasteiger partial charge in [0.15, 0.2) is 10.8 Å². The van der Waals surface area contributed by atoms with Gasteiger partial charge in [-0.1, -0.05) is 23.5 Å². The molecule has 0 saturated carbocycles. The third-order valence-electron chi connectivity index (χ3n) is 2.40. The van der Waals surface area contributed by atoms with Crippen molar-refractivity contribution in [1.29, 1.82) is 0 Å². The summed E-state index contributed by atoms with van der Waals surface area (Å²) in [6.45, 7) is 2.91. The maximum atomic E-state index is 5.57. The number of thiazole rings is 1. The Balaban J connectivity index is 1.66. The smallest absolute Gasteiger partial charge is 0.162 e. The second-order valence-electron chi connectivity index (χ2n) is 3.84. The zero-order valence-electron chi connectivity index (χ0n) is 9.88. The normalized spacial score (nSPS) is 15.1. The molecule has 0 fully saturated rings. The van der Waals surface area contributed by atoms with Crippen LogP contribution in [0.3, 0.4) is 0 Å². The highest BCUT2D eigenvalue weighted by Crippen LogP contribution is 2.29. The second-order valence-corrected chi connectivity index (χ2v) is 7.00. The van der Waals surface area contributed by atoms with Crippen LogP contribution in [0, 0.1) is 6.92 Å². The molecule has 0 aromatic carbocycles.